The largest absolute Gasteiger partial charge is 0.496 e. The smallest absolute Gasteiger partial charge is 0.255 e. The molecule has 2 aromatic carbocycles. The number of aromatic nitrogens is 4. The van der Waals surface area contributed by atoms with E-state index in [9.17, 15) is 9.18 Å². The normalized spacial score (nSPS) is 10.9. The molecule has 4 aromatic rings. The molecule has 2 heterocycles. The number of nitrogens with zero attached hydrogens (tertiary/aromatic N) is 4. The van der Waals surface area contributed by atoms with E-state index in [0.717, 1.165) is 5.69 Å². The number of hydrogen-bond acceptors (Lipinski definition) is 6. The van der Waals surface area contributed by atoms with Gasteiger partial charge >= 0.3 is 0 Å². The van der Waals surface area contributed by atoms with E-state index < -0.39 is 5.82 Å². The number of carbonyl (C=O) groups excluding carboxylic acids is 1. The van der Waals surface area contributed by atoms with E-state index >= 15 is 0 Å². The Labute approximate surface area is 207 Å². The third kappa shape index (κ3) is 5.58. The zero-order chi connectivity index (χ0) is 24.9. The summed E-state index contributed by atoms with van der Waals surface area (Å²) in [6, 6.07) is 13.0. The van der Waals surface area contributed by atoms with Gasteiger partial charge in [-0.15, -0.1) is 0 Å². The summed E-state index contributed by atoms with van der Waals surface area (Å²) >= 11 is 6.32. The second kappa shape index (κ2) is 10.5. The highest BCUT2D eigenvalue weighted by Gasteiger charge is 2.15. The molecule has 10 heteroatoms. The first-order chi connectivity index (χ1) is 16.9. The maximum Gasteiger partial charge on any atom is 0.255 e. The maximum atomic E-state index is 14.1. The van der Waals surface area contributed by atoms with Crippen LogP contribution in [0.1, 0.15) is 41.4 Å². The number of ether oxygens (including phenoxy) is 1. The van der Waals surface area contributed by atoms with Gasteiger partial charge in [0.05, 0.1) is 24.6 Å². The molecule has 2 aromatic heterocycles. The van der Waals surface area contributed by atoms with Crippen molar-refractivity contribution in [3.8, 4) is 11.6 Å². The average molecular weight is 495 g/mol. The summed E-state index contributed by atoms with van der Waals surface area (Å²) in [6.45, 7) is 4.22. The molecule has 0 bridgehead atoms. The molecule has 0 fully saturated rings. The minimum absolute atomic E-state index is 0.136. The summed E-state index contributed by atoms with van der Waals surface area (Å²) in [7, 11) is 1.50. The van der Waals surface area contributed by atoms with Gasteiger partial charge < -0.3 is 15.4 Å². The van der Waals surface area contributed by atoms with Crippen molar-refractivity contribution in [2.24, 2.45) is 0 Å². The van der Waals surface area contributed by atoms with Crippen LogP contribution in [0.5, 0.6) is 5.75 Å². The molecule has 0 aliphatic rings. The van der Waals surface area contributed by atoms with Crippen molar-refractivity contribution in [2.45, 2.75) is 26.3 Å². The van der Waals surface area contributed by atoms with Crippen LogP contribution in [0.3, 0.4) is 0 Å². The SMILES string of the molecule is COc1ccccc1C(=O)NCc1ccc(F)cc1Nc1ncc(Cl)c(-n2ccc(C(C)C)n2)n1. The summed E-state index contributed by atoms with van der Waals surface area (Å²) < 4.78 is 20.9. The van der Waals surface area contributed by atoms with Gasteiger partial charge in [-0.2, -0.15) is 10.1 Å². The molecule has 2 N–H and O–H groups in total. The van der Waals surface area contributed by atoms with Crippen molar-refractivity contribution >= 4 is 29.1 Å². The summed E-state index contributed by atoms with van der Waals surface area (Å²) in [4.78, 5) is 21.4. The van der Waals surface area contributed by atoms with Crippen molar-refractivity contribution in [3.63, 3.8) is 0 Å². The lowest BCUT2D eigenvalue weighted by molar-refractivity contribution is 0.0948. The molecule has 8 nitrogen and oxygen atoms in total. The second-order valence-electron chi connectivity index (χ2n) is 8.01. The van der Waals surface area contributed by atoms with E-state index in [0.29, 0.717) is 33.4 Å². The molecule has 180 valence electrons. The Morgan fingerprint density at radius 3 is 2.74 bits per heavy atom. The predicted molar refractivity (Wildman–Crippen MR) is 132 cm³/mol. The highest BCUT2D eigenvalue weighted by atomic mass is 35.5. The lowest BCUT2D eigenvalue weighted by atomic mass is 10.1. The molecule has 0 radical (unpaired) electrons. The van der Waals surface area contributed by atoms with Crippen molar-refractivity contribution in [1.29, 1.82) is 0 Å². The number of para-hydroxylation sites is 1. The average Bonchev–Trinajstić information content (AvgIpc) is 3.35. The van der Waals surface area contributed by atoms with Crippen molar-refractivity contribution in [1.82, 2.24) is 25.1 Å². The highest BCUT2D eigenvalue weighted by Crippen LogP contribution is 2.25. The van der Waals surface area contributed by atoms with E-state index in [1.54, 1.807) is 41.2 Å². The van der Waals surface area contributed by atoms with Crippen LogP contribution in [0.4, 0.5) is 16.0 Å². The van der Waals surface area contributed by atoms with Crippen LogP contribution in [0, 0.1) is 5.82 Å². The number of carbonyl (C=O) groups is 1. The fourth-order valence-electron chi connectivity index (χ4n) is 3.39. The Hall–Kier alpha value is -3.98. The van der Waals surface area contributed by atoms with Gasteiger partial charge in [-0.25, -0.2) is 14.1 Å². The lowest BCUT2D eigenvalue weighted by Gasteiger charge is -2.14. The van der Waals surface area contributed by atoms with Gasteiger partial charge in [-0.3, -0.25) is 4.79 Å². The van der Waals surface area contributed by atoms with E-state index in [-0.39, 0.29) is 24.3 Å². The van der Waals surface area contributed by atoms with Crippen LogP contribution in [-0.4, -0.2) is 32.8 Å². The van der Waals surface area contributed by atoms with Gasteiger partial charge in [0.25, 0.3) is 5.91 Å². The number of benzene rings is 2. The molecule has 1 amide bonds. The Morgan fingerprint density at radius 1 is 1.20 bits per heavy atom. The first-order valence-corrected chi connectivity index (χ1v) is 11.3. The van der Waals surface area contributed by atoms with Crippen molar-refractivity contribution in [3.05, 3.63) is 88.6 Å². The Bertz CT molecular complexity index is 1360. The molecule has 0 saturated carbocycles. The summed E-state index contributed by atoms with van der Waals surface area (Å²) in [6.07, 6.45) is 3.22. The van der Waals surface area contributed by atoms with Crippen LogP contribution in [0.15, 0.2) is 60.9 Å². The van der Waals surface area contributed by atoms with Gasteiger partial charge in [0.2, 0.25) is 5.95 Å². The lowest BCUT2D eigenvalue weighted by Crippen LogP contribution is -2.23. The first-order valence-electron chi connectivity index (χ1n) is 10.9. The van der Waals surface area contributed by atoms with Crippen LogP contribution >= 0.6 is 11.6 Å². The highest BCUT2D eigenvalue weighted by molar-refractivity contribution is 6.32. The third-order valence-corrected chi connectivity index (χ3v) is 5.52. The molecule has 0 aliphatic carbocycles. The van der Waals surface area contributed by atoms with Crippen LogP contribution in [-0.2, 0) is 6.54 Å². The van der Waals surface area contributed by atoms with Gasteiger partial charge in [-0.05, 0) is 41.8 Å². The third-order valence-electron chi connectivity index (χ3n) is 5.25. The Balaban J connectivity index is 1.56. The zero-order valence-electron chi connectivity index (χ0n) is 19.4. The van der Waals surface area contributed by atoms with Gasteiger partial charge in [0.15, 0.2) is 5.82 Å². The molecular formula is C25H24ClFN6O2. The monoisotopic (exact) mass is 494 g/mol. The maximum absolute atomic E-state index is 14.1. The van der Waals surface area contributed by atoms with Crippen LogP contribution < -0.4 is 15.4 Å². The molecule has 35 heavy (non-hydrogen) atoms. The Kier molecular flexibility index (Phi) is 7.26. The summed E-state index contributed by atoms with van der Waals surface area (Å²) in [5.41, 5.74) is 2.34. The fourth-order valence-corrected chi connectivity index (χ4v) is 3.56. The molecule has 0 unspecified atom stereocenters. The number of hydrogen-bond donors (Lipinski definition) is 2. The predicted octanol–water partition coefficient (Wildman–Crippen LogP) is 5.26. The summed E-state index contributed by atoms with van der Waals surface area (Å²) in [5.74, 6) is 0.532. The number of halogens is 2. The van der Waals surface area contributed by atoms with Gasteiger partial charge in [-0.1, -0.05) is 43.6 Å². The van der Waals surface area contributed by atoms with E-state index in [1.165, 1.54) is 25.4 Å². The Morgan fingerprint density at radius 2 is 2.00 bits per heavy atom. The number of nitrogens with one attached hydrogen (secondary N) is 2. The van der Waals surface area contributed by atoms with Gasteiger partial charge in [0, 0.05) is 18.4 Å². The number of amides is 1. The van der Waals surface area contributed by atoms with Crippen molar-refractivity contribution < 1.29 is 13.9 Å². The quantitative estimate of drug-likeness (QED) is 0.347. The molecule has 0 saturated heterocycles. The number of anilines is 2. The first kappa shape index (κ1) is 24.2. The molecule has 0 spiro atoms. The standard InChI is InChI=1S/C25H24ClFN6O2/c1-15(2)20-10-11-33(32-20)23-19(26)14-29-25(31-23)30-21-12-17(27)9-8-16(21)13-28-24(34)18-6-4-5-7-22(18)35-3/h4-12,14-15H,13H2,1-3H3,(H,28,34)(H,29,30,31). The van der Waals surface area contributed by atoms with Crippen LogP contribution in [0.25, 0.3) is 5.82 Å². The number of rotatable bonds is 8. The van der Waals surface area contributed by atoms with E-state index in [2.05, 4.69) is 25.7 Å². The molecule has 0 aliphatic heterocycles. The zero-order valence-corrected chi connectivity index (χ0v) is 20.2. The molecule has 0 atom stereocenters. The molecule has 4 rings (SSSR count). The van der Waals surface area contributed by atoms with E-state index in [1.807, 2.05) is 19.9 Å². The van der Waals surface area contributed by atoms with Crippen LogP contribution in [0.2, 0.25) is 5.02 Å². The van der Waals surface area contributed by atoms with Crippen molar-refractivity contribution in [2.75, 3.05) is 12.4 Å². The minimum atomic E-state index is -0.449. The topological polar surface area (TPSA) is 94.0 Å². The second-order valence-corrected chi connectivity index (χ2v) is 8.42. The fraction of sp³-hybridized carbons (Fsp3) is 0.200. The molecular weight excluding hydrogens is 471 g/mol. The summed E-state index contributed by atoms with van der Waals surface area (Å²) in [5, 5.41) is 10.7. The number of methoxy groups -OCH3 is 1. The minimum Gasteiger partial charge on any atom is -0.496 e. The van der Waals surface area contributed by atoms with E-state index in [4.69, 9.17) is 16.3 Å². The van der Waals surface area contributed by atoms with Gasteiger partial charge in [0.1, 0.15) is 16.6 Å².